The summed E-state index contributed by atoms with van der Waals surface area (Å²) in [4.78, 5) is 69.9. The molecule has 394 valence electrons. The molecule has 15 nitrogen and oxygen atoms in total. The molecule has 4 saturated heterocycles. The molecule has 1 saturated carbocycles. The lowest BCUT2D eigenvalue weighted by molar-refractivity contribution is -0.139. The van der Waals surface area contributed by atoms with Crippen molar-refractivity contribution < 1.29 is 32.3 Å². The molecule has 2 aromatic heterocycles. The van der Waals surface area contributed by atoms with Crippen LogP contribution in [0.3, 0.4) is 0 Å². The van der Waals surface area contributed by atoms with Gasteiger partial charge in [-0.15, -0.1) is 10.2 Å². The number of benzene rings is 2. The molecule has 6 aliphatic heterocycles. The number of nitrogens with zero attached hydrogens (tertiary/aromatic N) is 10. The molecule has 74 heavy (non-hydrogen) atoms. The number of carbonyl (C=O) groups excluding carboxylic acids is 4. The fraction of sp³-hybridized carbons (Fsp3) is 0.589. The summed E-state index contributed by atoms with van der Waals surface area (Å²) in [5, 5.41) is 10.8. The Hall–Kier alpha value is -5.72. The Morgan fingerprint density at radius 2 is 1.51 bits per heavy atom. The van der Waals surface area contributed by atoms with Gasteiger partial charge < -0.3 is 29.1 Å². The number of hydrogen-bond acceptors (Lipinski definition) is 11. The predicted octanol–water partition coefficient (Wildman–Crippen LogP) is 7.15. The summed E-state index contributed by atoms with van der Waals surface area (Å²) in [6.45, 7) is 17.5. The maximum Gasteiger partial charge on any atom is 0.416 e. The second-order valence-electron chi connectivity index (χ2n) is 23.5. The quantitative estimate of drug-likeness (QED) is 0.145. The van der Waals surface area contributed by atoms with Crippen molar-refractivity contribution in [2.24, 2.45) is 24.8 Å². The number of rotatable bonds is 12. The van der Waals surface area contributed by atoms with Crippen molar-refractivity contribution in [2.45, 2.75) is 128 Å². The standard InChI is InChI=1S/C56H70F3N11O4/c1-35-26-55(27-35,29-48-63-60-34-64(48)5)40-7-6-8-41(25-40)69-33-44-43(52(69)73)23-39(24-45(44)56(57,58)59)32-68-18-15-38(28-54(68,3)4)31-66-21-19-65(20-22-66)30-37-13-16-67(17-14-37)47-11-9-42-50(61-47)36(2)70(53(42)74)46-10-12-49(71)62-51(46)72/h6-9,11,23-25,34-38,46H,10,12-22,26-33H2,1-5H3,(H,62,71,72). The van der Waals surface area contributed by atoms with Crippen LogP contribution in [0.4, 0.5) is 24.7 Å². The molecule has 18 heteroatoms. The Kier molecular flexibility index (Phi) is 13.3. The van der Waals surface area contributed by atoms with E-state index < -0.39 is 23.7 Å². The van der Waals surface area contributed by atoms with E-state index in [0.717, 1.165) is 115 Å². The number of anilines is 2. The average molecular weight is 1020 g/mol. The summed E-state index contributed by atoms with van der Waals surface area (Å²) in [6, 6.07) is 13.6. The summed E-state index contributed by atoms with van der Waals surface area (Å²) in [7, 11) is 1.93. The number of aryl methyl sites for hydroxylation is 1. The van der Waals surface area contributed by atoms with Gasteiger partial charge in [0.15, 0.2) is 0 Å². The van der Waals surface area contributed by atoms with Gasteiger partial charge in [0, 0.05) is 101 Å². The molecule has 2 aromatic carbocycles. The molecule has 1 N–H and O–H groups in total. The largest absolute Gasteiger partial charge is 0.416 e. The molecule has 3 atom stereocenters. The third-order valence-electron chi connectivity index (χ3n) is 18.0. The number of likely N-dealkylation sites (tertiary alicyclic amines) is 1. The molecule has 1 aliphatic carbocycles. The zero-order chi connectivity index (χ0) is 51.8. The number of fused-ring (bicyclic) bond motifs is 2. The van der Waals surface area contributed by atoms with Crippen LogP contribution in [0.2, 0.25) is 0 Å². The van der Waals surface area contributed by atoms with Crippen molar-refractivity contribution in [2.75, 3.05) is 68.7 Å². The molecule has 4 aromatic rings. The van der Waals surface area contributed by atoms with E-state index in [9.17, 15) is 32.3 Å². The van der Waals surface area contributed by atoms with Crippen LogP contribution >= 0.6 is 0 Å². The lowest BCUT2D eigenvalue weighted by Crippen LogP contribution is -2.53. The highest BCUT2D eigenvalue weighted by Crippen LogP contribution is 2.51. The van der Waals surface area contributed by atoms with Crippen LogP contribution in [0.25, 0.3) is 0 Å². The van der Waals surface area contributed by atoms with Crippen LogP contribution in [-0.2, 0) is 47.7 Å². The molecule has 11 rings (SSSR count). The van der Waals surface area contributed by atoms with E-state index >= 15 is 0 Å². The highest BCUT2D eigenvalue weighted by Gasteiger charge is 2.47. The number of carbonyl (C=O) groups is 4. The van der Waals surface area contributed by atoms with Crippen LogP contribution in [0.15, 0.2) is 54.9 Å². The van der Waals surface area contributed by atoms with Crippen molar-refractivity contribution in [1.82, 2.24) is 44.7 Å². The maximum atomic E-state index is 15.0. The Labute approximate surface area is 431 Å². The Balaban J connectivity index is 0.662. The van der Waals surface area contributed by atoms with Gasteiger partial charge in [-0.05, 0) is 143 Å². The highest BCUT2D eigenvalue weighted by atomic mass is 19.4. The van der Waals surface area contributed by atoms with Gasteiger partial charge in [-0.2, -0.15) is 13.2 Å². The van der Waals surface area contributed by atoms with Crippen molar-refractivity contribution in [3.8, 4) is 0 Å². The number of imide groups is 1. The first-order valence-electron chi connectivity index (χ1n) is 26.9. The van der Waals surface area contributed by atoms with Gasteiger partial charge >= 0.3 is 6.18 Å². The smallest absolute Gasteiger partial charge is 0.357 e. The number of piperazine rings is 1. The number of hydrogen-bond donors (Lipinski definition) is 1. The van der Waals surface area contributed by atoms with Crippen molar-refractivity contribution in [3.05, 3.63) is 99.8 Å². The van der Waals surface area contributed by atoms with Gasteiger partial charge in [-0.3, -0.25) is 29.4 Å². The first-order chi connectivity index (χ1) is 35.3. The minimum atomic E-state index is -4.61. The Morgan fingerprint density at radius 3 is 2.18 bits per heavy atom. The lowest BCUT2D eigenvalue weighted by atomic mass is 9.57. The zero-order valence-electron chi connectivity index (χ0n) is 43.5. The lowest BCUT2D eigenvalue weighted by Gasteiger charge is -2.47. The topological polar surface area (TPSA) is 143 Å². The summed E-state index contributed by atoms with van der Waals surface area (Å²) >= 11 is 0. The van der Waals surface area contributed by atoms with E-state index in [0.29, 0.717) is 59.6 Å². The van der Waals surface area contributed by atoms with Gasteiger partial charge in [0.05, 0.1) is 29.4 Å². The minimum Gasteiger partial charge on any atom is -0.357 e. The van der Waals surface area contributed by atoms with Gasteiger partial charge in [0.1, 0.15) is 24.0 Å². The van der Waals surface area contributed by atoms with Gasteiger partial charge in [-0.25, -0.2) is 4.98 Å². The number of halogens is 3. The minimum absolute atomic E-state index is 0.0496. The summed E-state index contributed by atoms with van der Waals surface area (Å²) in [5.41, 5.74) is 2.48. The Bertz CT molecular complexity index is 2830. The van der Waals surface area contributed by atoms with E-state index in [2.05, 4.69) is 62.0 Å². The first-order valence-corrected chi connectivity index (χ1v) is 26.9. The number of amides is 4. The average Bonchev–Trinajstić information content (AvgIpc) is 4.00. The zero-order valence-corrected chi connectivity index (χ0v) is 43.5. The van der Waals surface area contributed by atoms with Crippen molar-refractivity contribution >= 4 is 35.1 Å². The van der Waals surface area contributed by atoms with Crippen LogP contribution in [0, 0.1) is 17.8 Å². The van der Waals surface area contributed by atoms with Gasteiger partial charge in [-0.1, -0.05) is 19.1 Å². The van der Waals surface area contributed by atoms with Crippen LogP contribution in [0.1, 0.15) is 140 Å². The normalized spacial score (nSPS) is 27.2. The molecule has 4 amide bonds. The maximum absolute atomic E-state index is 15.0. The fourth-order valence-electron chi connectivity index (χ4n) is 14.0. The number of nitrogens with one attached hydrogen (secondary N) is 1. The number of piperidine rings is 3. The second-order valence-corrected chi connectivity index (χ2v) is 23.5. The number of alkyl halides is 3. The highest BCUT2D eigenvalue weighted by molar-refractivity contribution is 6.10. The predicted molar refractivity (Wildman–Crippen MR) is 273 cm³/mol. The fourth-order valence-corrected chi connectivity index (χ4v) is 14.0. The third-order valence-corrected chi connectivity index (χ3v) is 18.0. The molecular weight excluding hydrogens is 948 g/mol. The molecule has 5 fully saturated rings. The number of pyridine rings is 1. The van der Waals surface area contributed by atoms with E-state index in [4.69, 9.17) is 4.98 Å². The molecule has 3 unspecified atom stereocenters. The summed E-state index contributed by atoms with van der Waals surface area (Å²) in [5.74, 6) is 2.01. The molecule has 0 spiro atoms. The van der Waals surface area contributed by atoms with Crippen LogP contribution < -0.4 is 15.1 Å². The first kappa shape index (κ1) is 50.4. The SMILES string of the molecule is CC1CC(Cc2nncn2C)(c2cccc(N3Cc4c(cc(CN5CCC(CN6CCN(CC7CCN(c8ccc9c(n8)C(C)N(C8CCC(=O)NC8=O)C9=O)CC7)CC6)CC5(C)C)cc4C(F)(F)F)C3=O)c2)C1. The molecular formula is C56H70F3N11O4. The van der Waals surface area contributed by atoms with Gasteiger partial charge in [0.25, 0.3) is 11.8 Å². The summed E-state index contributed by atoms with van der Waals surface area (Å²) < 4.78 is 46.8. The third kappa shape index (κ3) is 9.63. The molecule has 0 bridgehead atoms. The van der Waals surface area contributed by atoms with Gasteiger partial charge in [0.2, 0.25) is 11.8 Å². The number of aromatic nitrogens is 4. The monoisotopic (exact) mass is 1020 g/mol. The van der Waals surface area contributed by atoms with E-state index in [1.54, 1.807) is 17.3 Å². The van der Waals surface area contributed by atoms with Crippen LogP contribution in [-0.4, -0.2) is 133 Å². The summed E-state index contributed by atoms with van der Waals surface area (Å²) in [6.07, 6.45) is 4.25. The Morgan fingerprint density at radius 1 is 0.797 bits per heavy atom. The van der Waals surface area contributed by atoms with E-state index in [1.807, 2.05) is 48.9 Å². The second kappa shape index (κ2) is 19.4. The van der Waals surface area contributed by atoms with Crippen molar-refractivity contribution in [3.63, 3.8) is 0 Å². The molecule has 7 aliphatic rings. The molecule has 8 heterocycles. The molecule has 0 radical (unpaired) electrons. The van der Waals surface area contributed by atoms with E-state index in [-0.39, 0.29) is 58.8 Å². The van der Waals surface area contributed by atoms with Crippen molar-refractivity contribution in [1.29, 1.82) is 0 Å². The van der Waals surface area contributed by atoms with E-state index in [1.165, 1.54) is 11.0 Å². The van der Waals surface area contributed by atoms with Crippen LogP contribution in [0.5, 0.6) is 0 Å².